The van der Waals surface area contributed by atoms with Gasteiger partial charge in [-0.3, -0.25) is 19.3 Å². The minimum absolute atomic E-state index is 0.0140. The number of nitrogens with zero attached hydrogens (tertiary/aromatic N) is 1. The molecule has 2 N–H and O–H groups in total. The van der Waals surface area contributed by atoms with Crippen molar-refractivity contribution in [2.75, 3.05) is 18.1 Å². The first kappa shape index (κ1) is 19.3. The zero-order valence-corrected chi connectivity index (χ0v) is 16.1. The van der Waals surface area contributed by atoms with Crippen LogP contribution in [0.15, 0.2) is 29.2 Å². The van der Waals surface area contributed by atoms with Crippen molar-refractivity contribution < 1.29 is 19.5 Å². The maximum Gasteiger partial charge on any atom is 0.293 e. The highest BCUT2D eigenvalue weighted by Gasteiger charge is 2.35. The van der Waals surface area contributed by atoms with E-state index in [4.69, 9.17) is 11.6 Å². The quantitative estimate of drug-likeness (QED) is 0.722. The molecule has 1 aromatic rings. The number of amides is 3. The van der Waals surface area contributed by atoms with E-state index in [0.29, 0.717) is 21.4 Å². The third kappa shape index (κ3) is 4.62. The van der Waals surface area contributed by atoms with Gasteiger partial charge in [0.15, 0.2) is 0 Å². The molecule has 0 aromatic heterocycles. The zero-order chi connectivity index (χ0) is 18.7. The smallest absolute Gasteiger partial charge is 0.293 e. The third-order valence-electron chi connectivity index (χ3n) is 4.00. The second-order valence-electron chi connectivity index (χ2n) is 5.91. The number of thioether (sulfide) groups is 2. The number of rotatable bonds is 5. The van der Waals surface area contributed by atoms with Crippen molar-refractivity contribution in [1.82, 2.24) is 10.2 Å². The predicted octanol–water partition coefficient (Wildman–Crippen LogP) is 2.36. The van der Waals surface area contributed by atoms with Gasteiger partial charge in [-0.25, -0.2) is 0 Å². The predicted molar refractivity (Wildman–Crippen MR) is 104 cm³/mol. The largest absolute Gasteiger partial charge is 0.390 e. The number of nitrogens with one attached hydrogen (secondary N) is 1. The molecular weight excluding hydrogens is 396 g/mol. The summed E-state index contributed by atoms with van der Waals surface area (Å²) in [6.07, 6.45) is 1.09. The van der Waals surface area contributed by atoms with Gasteiger partial charge in [-0.2, -0.15) is 11.8 Å². The second kappa shape index (κ2) is 8.47. The van der Waals surface area contributed by atoms with Crippen LogP contribution in [-0.4, -0.2) is 57.3 Å². The van der Waals surface area contributed by atoms with Crippen molar-refractivity contribution in [3.63, 3.8) is 0 Å². The molecule has 2 fully saturated rings. The summed E-state index contributed by atoms with van der Waals surface area (Å²) in [7, 11) is 0. The molecule has 2 heterocycles. The van der Waals surface area contributed by atoms with Gasteiger partial charge in [0.2, 0.25) is 5.91 Å². The monoisotopic (exact) mass is 412 g/mol. The summed E-state index contributed by atoms with van der Waals surface area (Å²) >= 11 is 8.27. The standard InChI is InChI=1S/C17H17ClN2O4S2/c18-11-3-1-10(2-4-11)7-14-16(23)20(17(24)26-14)6-5-15(22)19-12-8-25-9-13(12)21/h1-4,7,12-13,21H,5-6,8-9H2,(H,19,22)/b14-7+/t12-,13+/m1/s1. The molecule has 2 saturated heterocycles. The Bertz CT molecular complexity index is 754. The van der Waals surface area contributed by atoms with Crippen LogP contribution >= 0.6 is 35.1 Å². The van der Waals surface area contributed by atoms with Gasteiger partial charge in [0.05, 0.1) is 17.1 Å². The van der Waals surface area contributed by atoms with Crippen molar-refractivity contribution in [2.45, 2.75) is 18.6 Å². The van der Waals surface area contributed by atoms with Gasteiger partial charge in [-0.15, -0.1) is 0 Å². The van der Waals surface area contributed by atoms with Crippen LogP contribution in [0.2, 0.25) is 5.02 Å². The Balaban J connectivity index is 1.57. The summed E-state index contributed by atoms with van der Waals surface area (Å²) < 4.78 is 0. The first-order valence-corrected chi connectivity index (χ1v) is 10.3. The average molecular weight is 413 g/mol. The Labute approximate surface area is 164 Å². The zero-order valence-electron chi connectivity index (χ0n) is 13.7. The molecule has 2 aliphatic heterocycles. The number of hydrogen-bond donors (Lipinski definition) is 2. The lowest BCUT2D eigenvalue weighted by atomic mass is 10.2. The fraction of sp³-hybridized carbons (Fsp3) is 0.353. The van der Waals surface area contributed by atoms with Crippen LogP contribution in [0.25, 0.3) is 6.08 Å². The first-order valence-electron chi connectivity index (χ1n) is 8.00. The lowest BCUT2D eigenvalue weighted by Gasteiger charge is -2.17. The SMILES string of the molecule is O=C(CCN1C(=O)S/C(=C/c2ccc(Cl)cc2)C1=O)N[C@@H]1CSC[C@@H]1O. The number of aliphatic hydroxyl groups excluding tert-OH is 1. The number of imide groups is 1. The van der Waals surface area contributed by atoms with Crippen molar-refractivity contribution >= 4 is 58.3 Å². The normalized spacial score (nSPS) is 24.5. The average Bonchev–Trinajstić information content (AvgIpc) is 3.12. The van der Waals surface area contributed by atoms with Crippen molar-refractivity contribution in [3.8, 4) is 0 Å². The first-order chi connectivity index (χ1) is 12.4. The van der Waals surface area contributed by atoms with E-state index in [1.807, 2.05) is 0 Å². The van der Waals surface area contributed by atoms with Crippen LogP contribution in [0.3, 0.4) is 0 Å². The third-order valence-corrected chi connectivity index (χ3v) is 6.33. The number of hydrogen-bond acceptors (Lipinski definition) is 6. The fourth-order valence-electron chi connectivity index (χ4n) is 2.58. The van der Waals surface area contributed by atoms with Gasteiger partial charge < -0.3 is 10.4 Å². The number of halogens is 1. The molecule has 6 nitrogen and oxygen atoms in total. The summed E-state index contributed by atoms with van der Waals surface area (Å²) in [5, 5.41) is 12.7. The highest BCUT2D eigenvalue weighted by molar-refractivity contribution is 8.18. The molecule has 0 bridgehead atoms. The molecule has 1 aromatic carbocycles. The van der Waals surface area contributed by atoms with E-state index in [1.54, 1.807) is 42.1 Å². The highest BCUT2D eigenvalue weighted by atomic mass is 35.5. The molecule has 2 atom stereocenters. The summed E-state index contributed by atoms with van der Waals surface area (Å²) in [4.78, 5) is 37.9. The van der Waals surface area contributed by atoms with E-state index in [1.165, 1.54) is 0 Å². The second-order valence-corrected chi connectivity index (χ2v) is 8.42. The Morgan fingerprint density at radius 1 is 1.31 bits per heavy atom. The molecule has 0 saturated carbocycles. The van der Waals surface area contributed by atoms with Gasteiger partial charge >= 0.3 is 0 Å². The topological polar surface area (TPSA) is 86.7 Å². The van der Waals surface area contributed by atoms with Gasteiger partial charge in [0, 0.05) is 29.5 Å². The van der Waals surface area contributed by atoms with Gasteiger partial charge in [0.1, 0.15) is 0 Å². The van der Waals surface area contributed by atoms with E-state index in [2.05, 4.69) is 5.32 Å². The van der Waals surface area contributed by atoms with Crippen molar-refractivity contribution in [2.24, 2.45) is 0 Å². The van der Waals surface area contributed by atoms with E-state index < -0.39 is 12.0 Å². The van der Waals surface area contributed by atoms with Crippen LogP contribution in [0.5, 0.6) is 0 Å². The number of benzene rings is 1. The van der Waals surface area contributed by atoms with Crippen molar-refractivity contribution in [3.05, 3.63) is 39.8 Å². The number of aliphatic hydroxyl groups is 1. The molecule has 0 spiro atoms. The Hall–Kier alpha value is -1.48. The van der Waals surface area contributed by atoms with E-state index in [-0.39, 0.29) is 30.2 Å². The Kier molecular flexibility index (Phi) is 6.29. The van der Waals surface area contributed by atoms with Crippen molar-refractivity contribution in [1.29, 1.82) is 0 Å². The molecule has 0 radical (unpaired) electrons. The van der Waals surface area contributed by atoms with Crippen LogP contribution in [-0.2, 0) is 9.59 Å². The number of carbonyl (C=O) groups is 3. The van der Waals surface area contributed by atoms with E-state index in [0.717, 1.165) is 22.2 Å². The van der Waals surface area contributed by atoms with Gasteiger partial charge in [-0.05, 0) is 35.5 Å². The molecule has 3 amide bonds. The van der Waals surface area contributed by atoms with E-state index in [9.17, 15) is 19.5 Å². The minimum atomic E-state index is -0.552. The van der Waals surface area contributed by atoms with Crippen LogP contribution < -0.4 is 5.32 Å². The molecule has 3 rings (SSSR count). The maximum atomic E-state index is 12.4. The molecule has 26 heavy (non-hydrogen) atoms. The van der Waals surface area contributed by atoms with Gasteiger partial charge in [0.25, 0.3) is 11.1 Å². The van der Waals surface area contributed by atoms with Crippen LogP contribution in [0, 0.1) is 0 Å². The minimum Gasteiger partial charge on any atom is -0.390 e. The van der Waals surface area contributed by atoms with Crippen LogP contribution in [0.4, 0.5) is 4.79 Å². The Morgan fingerprint density at radius 3 is 2.69 bits per heavy atom. The summed E-state index contributed by atoms with van der Waals surface area (Å²) in [5.74, 6) is 0.582. The maximum absolute atomic E-state index is 12.4. The van der Waals surface area contributed by atoms with Gasteiger partial charge in [-0.1, -0.05) is 23.7 Å². The molecule has 0 aliphatic carbocycles. The summed E-state index contributed by atoms with van der Waals surface area (Å²) in [6, 6.07) is 6.66. The molecule has 0 unspecified atom stereocenters. The van der Waals surface area contributed by atoms with E-state index >= 15 is 0 Å². The summed E-state index contributed by atoms with van der Waals surface area (Å²) in [6.45, 7) is 0.0183. The Morgan fingerprint density at radius 2 is 2.04 bits per heavy atom. The summed E-state index contributed by atoms with van der Waals surface area (Å²) in [5.41, 5.74) is 0.769. The fourth-order valence-corrected chi connectivity index (χ4v) is 4.74. The number of carbonyl (C=O) groups excluding carboxylic acids is 3. The molecule has 9 heteroatoms. The lowest BCUT2D eigenvalue weighted by Crippen LogP contribution is -2.43. The molecule has 2 aliphatic rings. The lowest BCUT2D eigenvalue weighted by molar-refractivity contribution is -0.124. The van der Waals surface area contributed by atoms with Crippen LogP contribution in [0.1, 0.15) is 12.0 Å². The molecular formula is C17H17ClN2O4S2. The highest BCUT2D eigenvalue weighted by Crippen LogP contribution is 2.32. The molecule has 138 valence electrons.